The van der Waals surface area contributed by atoms with Gasteiger partial charge in [-0.15, -0.1) is 0 Å². The first-order valence-electron chi connectivity index (χ1n) is 6.21. The van der Waals surface area contributed by atoms with E-state index >= 15 is 0 Å². The molecule has 1 aliphatic rings. The highest BCUT2D eigenvalue weighted by molar-refractivity contribution is 5.84. The van der Waals surface area contributed by atoms with Gasteiger partial charge in [-0.1, -0.05) is 12.8 Å². The van der Waals surface area contributed by atoms with Crippen LogP contribution in [-0.4, -0.2) is 23.7 Å². The van der Waals surface area contributed by atoms with E-state index < -0.39 is 11.5 Å². The lowest BCUT2D eigenvalue weighted by Gasteiger charge is -2.27. The summed E-state index contributed by atoms with van der Waals surface area (Å²) in [5.41, 5.74) is -0.0164. The Morgan fingerprint density at radius 2 is 2.16 bits per heavy atom. The first-order valence-corrected chi connectivity index (χ1v) is 6.21. The first kappa shape index (κ1) is 13.2. The highest BCUT2D eigenvalue weighted by atomic mass is 16.5. The molecule has 1 fully saturated rings. The predicted octanol–water partition coefficient (Wildman–Crippen LogP) is 2.38. The van der Waals surface area contributed by atoms with Crippen molar-refractivity contribution in [1.82, 2.24) is 0 Å². The lowest BCUT2D eigenvalue weighted by Crippen LogP contribution is -2.43. The molecule has 1 aromatic carbocycles. The van der Waals surface area contributed by atoms with Gasteiger partial charge in [0.05, 0.1) is 18.4 Å². The lowest BCUT2D eigenvalue weighted by atomic mass is 9.96. The van der Waals surface area contributed by atoms with E-state index in [0.717, 1.165) is 12.8 Å². The van der Waals surface area contributed by atoms with Crippen molar-refractivity contribution in [3.05, 3.63) is 23.8 Å². The number of nitrogens with one attached hydrogen (secondary N) is 1. The average molecular weight is 260 g/mol. The number of nitriles is 1. The van der Waals surface area contributed by atoms with E-state index in [1.165, 1.54) is 7.11 Å². The second-order valence-corrected chi connectivity index (χ2v) is 4.74. The van der Waals surface area contributed by atoms with E-state index in [9.17, 15) is 9.90 Å². The van der Waals surface area contributed by atoms with Gasteiger partial charge < -0.3 is 15.2 Å². The number of ether oxygens (including phenoxy) is 1. The molecule has 0 aromatic heterocycles. The maximum absolute atomic E-state index is 11.5. The standard InChI is InChI=1S/C14H16N2O3/c1-19-11-5-4-10(9-15)12(8-11)16-14(13(17)18)6-2-3-7-14/h4-5,8,16H,2-3,6-7H2,1H3,(H,17,18). The third kappa shape index (κ3) is 2.48. The molecule has 1 saturated carbocycles. The fourth-order valence-electron chi connectivity index (χ4n) is 2.48. The van der Waals surface area contributed by atoms with E-state index in [2.05, 4.69) is 11.4 Å². The zero-order valence-corrected chi connectivity index (χ0v) is 10.8. The van der Waals surface area contributed by atoms with Crippen molar-refractivity contribution in [2.24, 2.45) is 0 Å². The van der Waals surface area contributed by atoms with E-state index in [0.29, 0.717) is 29.8 Å². The molecule has 5 nitrogen and oxygen atoms in total. The van der Waals surface area contributed by atoms with Crippen LogP contribution in [0, 0.1) is 11.3 Å². The average Bonchev–Trinajstić information content (AvgIpc) is 2.88. The van der Waals surface area contributed by atoms with Crippen LogP contribution in [0.2, 0.25) is 0 Å². The van der Waals surface area contributed by atoms with E-state index in [1.807, 2.05) is 0 Å². The largest absolute Gasteiger partial charge is 0.497 e. The third-order valence-corrected chi connectivity index (χ3v) is 3.59. The predicted molar refractivity (Wildman–Crippen MR) is 70.2 cm³/mol. The molecule has 0 saturated heterocycles. The van der Waals surface area contributed by atoms with Gasteiger partial charge in [-0.2, -0.15) is 5.26 Å². The number of rotatable bonds is 4. The number of hydrogen-bond acceptors (Lipinski definition) is 4. The Kier molecular flexibility index (Phi) is 3.61. The normalized spacial score (nSPS) is 16.6. The second kappa shape index (κ2) is 5.19. The Bertz CT molecular complexity index is 528. The van der Waals surface area contributed by atoms with Gasteiger partial charge in [0.25, 0.3) is 0 Å². The minimum Gasteiger partial charge on any atom is -0.497 e. The van der Waals surface area contributed by atoms with Gasteiger partial charge in [-0.3, -0.25) is 0 Å². The number of hydrogen-bond donors (Lipinski definition) is 2. The van der Waals surface area contributed by atoms with Crippen molar-refractivity contribution in [1.29, 1.82) is 5.26 Å². The molecular weight excluding hydrogens is 244 g/mol. The number of nitrogens with zero attached hydrogens (tertiary/aromatic N) is 1. The molecule has 2 rings (SSSR count). The molecule has 1 aliphatic carbocycles. The van der Waals surface area contributed by atoms with Crippen LogP contribution in [0.15, 0.2) is 18.2 Å². The van der Waals surface area contributed by atoms with Crippen molar-refractivity contribution in [2.45, 2.75) is 31.2 Å². The summed E-state index contributed by atoms with van der Waals surface area (Å²) in [6.45, 7) is 0. The van der Waals surface area contributed by atoms with Crippen molar-refractivity contribution < 1.29 is 14.6 Å². The fraction of sp³-hybridized carbons (Fsp3) is 0.429. The zero-order chi connectivity index (χ0) is 13.9. The third-order valence-electron chi connectivity index (χ3n) is 3.59. The van der Waals surface area contributed by atoms with Gasteiger partial charge >= 0.3 is 5.97 Å². The number of carboxylic acids is 1. The van der Waals surface area contributed by atoms with Crippen LogP contribution >= 0.6 is 0 Å². The summed E-state index contributed by atoms with van der Waals surface area (Å²) >= 11 is 0. The molecule has 0 bridgehead atoms. The highest BCUT2D eigenvalue weighted by Crippen LogP contribution is 2.35. The molecule has 0 aliphatic heterocycles. The van der Waals surface area contributed by atoms with Gasteiger partial charge in [-0.05, 0) is 25.0 Å². The molecular formula is C14H16N2O3. The molecule has 0 heterocycles. The van der Waals surface area contributed by atoms with Gasteiger partial charge in [0.2, 0.25) is 0 Å². The zero-order valence-electron chi connectivity index (χ0n) is 10.8. The van der Waals surface area contributed by atoms with Crippen LogP contribution in [0.25, 0.3) is 0 Å². The van der Waals surface area contributed by atoms with Crippen LogP contribution < -0.4 is 10.1 Å². The summed E-state index contributed by atoms with van der Waals surface area (Å²) in [5.74, 6) is -0.267. The molecule has 1 aromatic rings. The summed E-state index contributed by atoms with van der Waals surface area (Å²) in [6.07, 6.45) is 2.91. The van der Waals surface area contributed by atoms with Crippen LogP contribution in [0.5, 0.6) is 5.75 Å². The van der Waals surface area contributed by atoms with Crippen molar-refractivity contribution in [3.8, 4) is 11.8 Å². The van der Waals surface area contributed by atoms with E-state index in [1.54, 1.807) is 18.2 Å². The Morgan fingerprint density at radius 3 is 2.68 bits per heavy atom. The molecule has 0 atom stereocenters. The van der Waals surface area contributed by atoms with Gasteiger partial charge in [0, 0.05) is 6.07 Å². The monoisotopic (exact) mass is 260 g/mol. The maximum Gasteiger partial charge on any atom is 0.329 e. The Balaban J connectivity index is 2.36. The lowest BCUT2D eigenvalue weighted by molar-refractivity contribution is -0.142. The number of benzene rings is 1. The number of carbonyl (C=O) groups is 1. The SMILES string of the molecule is COc1ccc(C#N)c(NC2(C(=O)O)CCCC2)c1. The first-order chi connectivity index (χ1) is 9.11. The molecule has 5 heteroatoms. The van der Waals surface area contributed by atoms with Crippen LogP contribution in [-0.2, 0) is 4.79 Å². The number of carboxylic acid groups (broad SMARTS) is 1. The molecule has 100 valence electrons. The second-order valence-electron chi connectivity index (χ2n) is 4.74. The van der Waals surface area contributed by atoms with Crippen molar-refractivity contribution in [2.75, 3.05) is 12.4 Å². The quantitative estimate of drug-likeness (QED) is 0.868. The Hall–Kier alpha value is -2.22. The highest BCUT2D eigenvalue weighted by Gasteiger charge is 2.41. The van der Waals surface area contributed by atoms with Gasteiger partial charge in [0.1, 0.15) is 17.4 Å². The molecule has 0 amide bonds. The summed E-state index contributed by atoms with van der Waals surface area (Å²) < 4.78 is 5.12. The summed E-state index contributed by atoms with van der Waals surface area (Å²) in [6, 6.07) is 7.05. The van der Waals surface area contributed by atoms with Crippen molar-refractivity contribution in [3.63, 3.8) is 0 Å². The Labute approximate surface area is 111 Å². The summed E-state index contributed by atoms with van der Waals surface area (Å²) in [5, 5.41) is 21.6. The number of anilines is 1. The minimum absolute atomic E-state index is 0.424. The van der Waals surface area contributed by atoms with E-state index in [4.69, 9.17) is 10.00 Å². The van der Waals surface area contributed by atoms with Crippen molar-refractivity contribution >= 4 is 11.7 Å². The number of aliphatic carboxylic acids is 1. The van der Waals surface area contributed by atoms with E-state index in [-0.39, 0.29) is 0 Å². The van der Waals surface area contributed by atoms with Gasteiger partial charge in [-0.25, -0.2) is 4.79 Å². The smallest absolute Gasteiger partial charge is 0.329 e. The maximum atomic E-state index is 11.5. The van der Waals surface area contributed by atoms with Gasteiger partial charge in [0.15, 0.2) is 0 Å². The van der Waals surface area contributed by atoms with Crippen LogP contribution in [0.3, 0.4) is 0 Å². The van der Waals surface area contributed by atoms with Crippen LogP contribution in [0.1, 0.15) is 31.2 Å². The minimum atomic E-state index is -0.960. The fourth-order valence-corrected chi connectivity index (χ4v) is 2.48. The molecule has 19 heavy (non-hydrogen) atoms. The summed E-state index contributed by atoms with van der Waals surface area (Å²) in [4.78, 5) is 11.5. The Morgan fingerprint density at radius 1 is 1.47 bits per heavy atom. The molecule has 0 unspecified atom stereocenters. The topological polar surface area (TPSA) is 82.3 Å². The molecule has 0 spiro atoms. The molecule has 0 radical (unpaired) electrons. The number of methoxy groups -OCH3 is 1. The molecule has 2 N–H and O–H groups in total. The summed E-state index contributed by atoms with van der Waals surface area (Å²) in [7, 11) is 1.54. The van der Waals surface area contributed by atoms with Crippen LogP contribution in [0.4, 0.5) is 5.69 Å².